The summed E-state index contributed by atoms with van der Waals surface area (Å²) < 4.78 is 0. The van der Waals surface area contributed by atoms with Gasteiger partial charge in [-0.15, -0.1) is 0 Å². The van der Waals surface area contributed by atoms with Crippen LogP contribution in [0, 0.1) is 17.9 Å². The largest absolute Gasteiger partial charge is 0.373 e. The minimum absolute atomic E-state index is 0.345. The van der Waals surface area contributed by atoms with Crippen LogP contribution >= 0.6 is 0 Å². The third-order valence-corrected chi connectivity index (χ3v) is 4.93. The number of hydrogen-bond donors (Lipinski definition) is 0. The number of rotatable bonds is 7. The maximum atomic E-state index is 12.1. The summed E-state index contributed by atoms with van der Waals surface area (Å²) in [6.45, 7) is 6.55. The molecule has 0 aliphatic heterocycles. The smallest absolute Gasteiger partial charge is 0.292 e. The molecule has 2 unspecified atom stereocenters. The predicted molar refractivity (Wildman–Crippen MR) is 91.6 cm³/mol. The highest BCUT2D eigenvalue weighted by atomic mass is 17.2. The summed E-state index contributed by atoms with van der Waals surface area (Å²) >= 11 is 0. The summed E-state index contributed by atoms with van der Waals surface area (Å²) in [4.78, 5) is 22.5. The second-order valence-corrected chi connectivity index (χ2v) is 6.73. The number of carbonyl (C=O) groups is 1. The van der Waals surface area contributed by atoms with E-state index in [4.69, 9.17) is 9.78 Å². The molecule has 0 heterocycles. The summed E-state index contributed by atoms with van der Waals surface area (Å²) in [5.74, 6) is 0.514. The quantitative estimate of drug-likeness (QED) is 0.378. The Morgan fingerprint density at radius 1 is 1.17 bits per heavy atom. The number of aryl methyl sites for hydroxylation is 1. The summed E-state index contributed by atoms with van der Waals surface area (Å²) in [7, 11) is 0. The molecule has 1 saturated carbocycles. The van der Waals surface area contributed by atoms with Gasteiger partial charge in [0.15, 0.2) is 6.10 Å². The molecule has 127 valence electrons. The van der Waals surface area contributed by atoms with Crippen molar-refractivity contribution >= 4 is 5.97 Å². The molecule has 0 aromatic heterocycles. The Morgan fingerprint density at radius 3 is 2.61 bits per heavy atom. The molecule has 0 amide bonds. The van der Waals surface area contributed by atoms with Crippen LogP contribution in [0.25, 0.3) is 0 Å². The van der Waals surface area contributed by atoms with Crippen molar-refractivity contribution in [1.29, 1.82) is 0 Å². The lowest BCUT2D eigenvalue weighted by Gasteiger charge is -2.31. The van der Waals surface area contributed by atoms with Gasteiger partial charge in [0.1, 0.15) is 0 Å². The SMILES string of the molecule is CCCCCc1ccc(C(=O)OO[C]2CCCC(C)C2C)cc1. The van der Waals surface area contributed by atoms with Gasteiger partial charge in [0.25, 0.3) is 0 Å². The molecule has 1 aromatic carbocycles. The van der Waals surface area contributed by atoms with Crippen LogP contribution in [0.3, 0.4) is 0 Å². The van der Waals surface area contributed by atoms with E-state index in [0.717, 1.165) is 25.4 Å². The monoisotopic (exact) mass is 317 g/mol. The first-order valence-corrected chi connectivity index (χ1v) is 8.95. The zero-order valence-electron chi connectivity index (χ0n) is 14.6. The van der Waals surface area contributed by atoms with Crippen molar-refractivity contribution in [3.8, 4) is 0 Å². The highest BCUT2D eigenvalue weighted by Crippen LogP contribution is 2.36. The van der Waals surface area contributed by atoms with E-state index in [9.17, 15) is 4.79 Å². The molecule has 1 fully saturated rings. The first-order chi connectivity index (χ1) is 11.1. The zero-order valence-corrected chi connectivity index (χ0v) is 14.6. The van der Waals surface area contributed by atoms with E-state index in [0.29, 0.717) is 17.4 Å². The Balaban J connectivity index is 1.81. The maximum absolute atomic E-state index is 12.1. The molecule has 3 nitrogen and oxygen atoms in total. The van der Waals surface area contributed by atoms with E-state index in [-0.39, 0.29) is 0 Å². The minimum atomic E-state index is -0.414. The lowest BCUT2D eigenvalue weighted by molar-refractivity contribution is -0.248. The molecule has 1 aromatic rings. The Bertz CT molecular complexity index is 480. The molecule has 2 atom stereocenters. The van der Waals surface area contributed by atoms with E-state index in [2.05, 4.69) is 20.8 Å². The van der Waals surface area contributed by atoms with E-state index >= 15 is 0 Å². The molecule has 0 spiro atoms. The Morgan fingerprint density at radius 2 is 1.91 bits per heavy atom. The van der Waals surface area contributed by atoms with Gasteiger partial charge in [0.2, 0.25) is 0 Å². The van der Waals surface area contributed by atoms with E-state index in [1.807, 2.05) is 24.3 Å². The molecule has 0 bridgehead atoms. The fraction of sp³-hybridized carbons (Fsp3) is 0.600. The van der Waals surface area contributed by atoms with Crippen LogP contribution in [0.1, 0.15) is 75.2 Å². The fourth-order valence-electron chi connectivity index (χ4n) is 3.04. The predicted octanol–water partition coefficient (Wildman–Crippen LogP) is 5.50. The first kappa shape index (κ1) is 18.0. The standard InChI is InChI=1S/C20H29O3/c1-4-5-6-9-17-11-13-18(14-12-17)20(21)23-22-19-10-7-8-15(2)16(19)3/h11-16H,4-10H2,1-3H3. The van der Waals surface area contributed by atoms with Crippen LogP contribution in [0.2, 0.25) is 0 Å². The Kier molecular flexibility index (Phi) is 7.10. The van der Waals surface area contributed by atoms with Gasteiger partial charge >= 0.3 is 5.97 Å². The van der Waals surface area contributed by atoms with Crippen LogP contribution in [-0.4, -0.2) is 5.97 Å². The molecule has 1 aliphatic rings. The van der Waals surface area contributed by atoms with Crippen LogP contribution in [0.4, 0.5) is 0 Å². The third-order valence-electron chi connectivity index (χ3n) is 4.93. The first-order valence-electron chi connectivity index (χ1n) is 8.95. The molecular formula is C20H29O3. The van der Waals surface area contributed by atoms with Gasteiger partial charge < -0.3 is 0 Å². The van der Waals surface area contributed by atoms with Crippen molar-refractivity contribution in [2.75, 3.05) is 0 Å². The zero-order chi connectivity index (χ0) is 16.7. The van der Waals surface area contributed by atoms with Crippen molar-refractivity contribution < 1.29 is 14.6 Å². The Labute approximate surface area is 140 Å². The highest BCUT2D eigenvalue weighted by molar-refractivity contribution is 5.88. The van der Waals surface area contributed by atoms with E-state index < -0.39 is 5.97 Å². The molecule has 1 radical (unpaired) electrons. The number of carbonyl (C=O) groups excluding carboxylic acids is 1. The second-order valence-electron chi connectivity index (χ2n) is 6.73. The van der Waals surface area contributed by atoms with Crippen LogP contribution in [-0.2, 0) is 16.2 Å². The van der Waals surface area contributed by atoms with Crippen molar-refractivity contribution in [2.45, 2.75) is 65.7 Å². The molecule has 23 heavy (non-hydrogen) atoms. The highest BCUT2D eigenvalue weighted by Gasteiger charge is 2.30. The van der Waals surface area contributed by atoms with Gasteiger partial charge in [-0.25, -0.2) is 4.79 Å². The lowest BCUT2D eigenvalue weighted by Crippen LogP contribution is -2.25. The fourth-order valence-corrected chi connectivity index (χ4v) is 3.04. The lowest BCUT2D eigenvalue weighted by atomic mass is 9.80. The summed E-state index contributed by atoms with van der Waals surface area (Å²) in [6, 6.07) is 7.66. The van der Waals surface area contributed by atoms with Crippen LogP contribution < -0.4 is 0 Å². The average molecular weight is 317 g/mol. The van der Waals surface area contributed by atoms with Crippen molar-refractivity contribution in [3.05, 3.63) is 41.5 Å². The van der Waals surface area contributed by atoms with Crippen LogP contribution in [0.5, 0.6) is 0 Å². The molecule has 3 heteroatoms. The number of unbranched alkanes of at least 4 members (excludes halogenated alkanes) is 2. The Hall–Kier alpha value is -1.35. The van der Waals surface area contributed by atoms with Crippen LogP contribution in [0.15, 0.2) is 24.3 Å². The average Bonchev–Trinajstić information content (AvgIpc) is 2.57. The number of hydrogen-bond acceptors (Lipinski definition) is 3. The summed E-state index contributed by atoms with van der Waals surface area (Å²) in [5.41, 5.74) is 1.81. The molecule has 2 rings (SSSR count). The van der Waals surface area contributed by atoms with Gasteiger partial charge in [0, 0.05) is 0 Å². The molecule has 0 N–H and O–H groups in total. The second kappa shape index (κ2) is 9.07. The normalized spacial score (nSPS) is 22.0. The summed E-state index contributed by atoms with van der Waals surface area (Å²) in [6.07, 6.45) is 8.81. The van der Waals surface area contributed by atoms with Gasteiger partial charge in [-0.3, -0.25) is 4.89 Å². The van der Waals surface area contributed by atoms with Gasteiger partial charge in [-0.1, -0.05) is 58.6 Å². The van der Waals surface area contributed by atoms with Gasteiger partial charge in [-0.2, -0.15) is 4.89 Å². The third kappa shape index (κ3) is 5.35. The maximum Gasteiger partial charge on any atom is 0.373 e. The summed E-state index contributed by atoms with van der Waals surface area (Å²) in [5, 5.41) is 0. The van der Waals surface area contributed by atoms with E-state index in [1.54, 1.807) is 0 Å². The van der Waals surface area contributed by atoms with Crippen molar-refractivity contribution in [3.63, 3.8) is 0 Å². The van der Waals surface area contributed by atoms with E-state index in [1.165, 1.54) is 31.2 Å². The van der Waals surface area contributed by atoms with Gasteiger partial charge in [0.05, 0.1) is 5.56 Å². The van der Waals surface area contributed by atoms with Crippen molar-refractivity contribution in [1.82, 2.24) is 0 Å². The molecule has 1 aliphatic carbocycles. The molecular weight excluding hydrogens is 288 g/mol. The van der Waals surface area contributed by atoms with Crippen molar-refractivity contribution in [2.24, 2.45) is 11.8 Å². The minimum Gasteiger partial charge on any atom is -0.292 e. The number of benzene rings is 1. The molecule has 0 saturated heterocycles. The van der Waals surface area contributed by atoms with Gasteiger partial charge in [-0.05, 0) is 48.8 Å². The topological polar surface area (TPSA) is 35.5 Å².